The van der Waals surface area contributed by atoms with Crippen molar-refractivity contribution in [2.45, 2.75) is 13.3 Å². The summed E-state index contributed by atoms with van der Waals surface area (Å²) in [7, 11) is 0. The van der Waals surface area contributed by atoms with Gasteiger partial charge in [-0.2, -0.15) is 0 Å². The van der Waals surface area contributed by atoms with Crippen LogP contribution < -0.4 is 0 Å². The topological polar surface area (TPSA) is 30.7 Å². The highest BCUT2D eigenvalue weighted by Crippen LogP contribution is 2.45. The van der Waals surface area contributed by atoms with E-state index in [1.165, 1.54) is 60.5 Å². The summed E-state index contributed by atoms with van der Waals surface area (Å²) in [5.41, 5.74) is 12.6. The lowest BCUT2D eigenvalue weighted by Gasteiger charge is -2.19. The van der Waals surface area contributed by atoms with Crippen LogP contribution in [0.1, 0.15) is 12.7 Å². The quantitative estimate of drug-likeness (QED) is 0.172. The highest BCUT2D eigenvalue weighted by molar-refractivity contribution is 6.22. The summed E-state index contributed by atoms with van der Waals surface area (Å²) in [4.78, 5) is 9.80. The Morgan fingerprint density at radius 1 is 0.449 bits per heavy atom. The van der Waals surface area contributed by atoms with Crippen LogP contribution in [-0.4, -0.2) is 14.5 Å². The van der Waals surface area contributed by atoms with Gasteiger partial charge >= 0.3 is 0 Å². The van der Waals surface area contributed by atoms with E-state index < -0.39 is 0 Å². The molecule has 0 radical (unpaired) electrons. The Bertz CT molecular complexity index is 2620. The van der Waals surface area contributed by atoms with Crippen molar-refractivity contribution in [2.24, 2.45) is 0 Å². The number of para-hydroxylation sites is 2. The molecular weight excluding hydrogens is 595 g/mol. The summed E-state index contributed by atoms with van der Waals surface area (Å²) in [5.74, 6) is 1.02. The largest absolute Gasteiger partial charge is 0.295 e. The fourth-order valence-electron chi connectivity index (χ4n) is 7.36. The molecule has 0 saturated carbocycles. The molecule has 0 atom stereocenters. The minimum Gasteiger partial charge on any atom is -0.295 e. The van der Waals surface area contributed by atoms with E-state index in [0.29, 0.717) is 0 Å². The molecule has 0 amide bonds. The van der Waals surface area contributed by atoms with Gasteiger partial charge in [-0.25, -0.2) is 4.98 Å². The van der Waals surface area contributed by atoms with Gasteiger partial charge in [0.05, 0.1) is 22.9 Å². The molecule has 0 fully saturated rings. The molecule has 49 heavy (non-hydrogen) atoms. The first kappa shape index (κ1) is 28.9. The third-order valence-corrected chi connectivity index (χ3v) is 9.63. The van der Waals surface area contributed by atoms with Gasteiger partial charge in [-0.1, -0.05) is 140 Å². The SMILES string of the molecule is CCc1nc2ccccc2n1-c1cncc(-c2c3ccccc3c(-c3ccc(-c4ccccc4)cc3)c3cc(-c4ccccc4)ccc23)c1. The first-order chi connectivity index (χ1) is 24.3. The van der Waals surface area contributed by atoms with Gasteiger partial charge in [0.15, 0.2) is 0 Å². The normalized spacial score (nSPS) is 11.4. The number of pyridine rings is 1. The van der Waals surface area contributed by atoms with Gasteiger partial charge in [-0.3, -0.25) is 9.55 Å². The van der Waals surface area contributed by atoms with Crippen molar-refractivity contribution in [3.05, 3.63) is 176 Å². The first-order valence-corrected chi connectivity index (χ1v) is 16.9. The molecule has 0 spiro atoms. The molecule has 0 saturated heterocycles. The Labute approximate surface area is 285 Å². The maximum atomic E-state index is 4.95. The number of aryl methyl sites for hydroxylation is 1. The summed E-state index contributed by atoms with van der Waals surface area (Å²) in [5, 5.41) is 4.84. The second-order valence-electron chi connectivity index (χ2n) is 12.5. The van der Waals surface area contributed by atoms with Crippen molar-refractivity contribution < 1.29 is 0 Å². The number of hydrogen-bond donors (Lipinski definition) is 0. The highest BCUT2D eigenvalue weighted by atomic mass is 15.1. The fourth-order valence-corrected chi connectivity index (χ4v) is 7.36. The van der Waals surface area contributed by atoms with Crippen LogP contribution in [0, 0.1) is 0 Å². The number of rotatable bonds is 6. The summed E-state index contributed by atoms with van der Waals surface area (Å²) in [6.45, 7) is 2.16. The Balaban J connectivity index is 1.31. The third kappa shape index (κ3) is 4.99. The van der Waals surface area contributed by atoms with Gasteiger partial charge in [0.2, 0.25) is 0 Å². The molecule has 0 unspecified atom stereocenters. The van der Waals surface area contributed by atoms with Crippen LogP contribution in [0.4, 0.5) is 0 Å². The molecule has 3 heteroatoms. The van der Waals surface area contributed by atoms with Gasteiger partial charge in [0.1, 0.15) is 5.82 Å². The minimum atomic E-state index is 0.824. The van der Waals surface area contributed by atoms with Crippen LogP contribution in [0.25, 0.3) is 82.8 Å². The third-order valence-electron chi connectivity index (χ3n) is 9.63. The average Bonchev–Trinajstić information content (AvgIpc) is 3.56. The number of benzene rings is 7. The Morgan fingerprint density at radius 2 is 1.00 bits per heavy atom. The number of fused-ring (bicyclic) bond motifs is 3. The molecule has 7 aromatic carbocycles. The monoisotopic (exact) mass is 627 g/mol. The molecule has 0 aliphatic rings. The van der Waals surface area contributed by atoms with Crippen LogP contribution >= 0.6 is 0 Å². The van der Waals surface area contributed by atoms with Gasteiger partial charge in [-0.15, -0.1) is 0 Å². The minimum absolute atomic E-state index is 0.824. The Hall–Kier alpha value is -6.32. The summed E-state index contributed by atoms with van der Waals surface area (Å²) >= 11 is 0. The molecule has 0 aliphatic heterocycles. The lowest BCUT2D eigenvalue weighted by Crippen LogP contribution is -2.01. The molecule has 9 aromatic rings. The molecule has 3 nitrogen and oxygen atoms in total. The van der Waals surface area contributed by atoms with Crippen molar-refractivity contribution in [3.8, 4) is 50.2 Å². The van der Waals surface area contributed by atoms with E-state index in [9.17, 15) is 0 Å². The lowest BCUT2D eigenvalue weighted by molar-refractivity contribution is 0.904. The molecule has 0 aliphatic carbocycles. The Kier molecular flexibility index (Phi) is 7.09. The summed E-state index contributed by atoms with van der Waals surface area (Å²) in [6, 6.07) is 56.7. The van der Waals surface area contributed by atoms with Crippen molar-refractivity contribution in [3.63, 3.8) is 0 Å². The zero-order valence-electron chi connectivity index (χ0n) is 27.2. The van der Waals surface area contributed by atoms with Gasteiger partial charge < -0.3 is 0 Å². The maximum absolute atomic E-state index is 4.95. The predicted octanol–water partition coefficient (Wildman–Crippen LogP) is 12.0. The molecule has 0 bridgehead atoms. The number of imidazole rings is 1. The van der Waals surface area contributed by atoms with Crippen LogP contribution in [0.2, 0.25) is 0 Å². The van der Waals surface area contributed by atoms with E-state index in [1.54, 1.807) is 0 Å². The molecule has 9 rings (SSSR count). The van der Waals surface area contributed by atoms with Crippen molar-refractivity contribution >= 4 is 32.6 Å². The molecule has 0 N–H and O–H groups in total. The van der Waals surface area contributed by atoms with E-state index in [4.69, 9.17) is 9.97 Å². The zero-order valence-corrected chi connectivity index (χ0v) is 27.2. The van der Waals surface area contributed by atoms with Gasteiger partial charge in [-0.05, 0) is 84.8 Å². The highest BCUT2D eigenvalue weighted by Gasteiger charge is 2.19. The van der Waals surface area contributed by atoms with Gasteiger partial charge in [0, 0.05) is 18.2 Å². The number of hydrogen-bond acceptors (Lipinski definition) is 2. The predicted molar refractivity (Wildman–Crippen MR) is 205 cm³/mol. The number of aromatic nitrogens is 3. The second kappa shape index (κ2) is 12.0. The van der Waals surface area contributed by atoms with Crippen molar-refractivity contribution in [1.82, 2.24) is 14.5 Å². The van der Waals surface area contributed by atoms with Crippen LogP contribution in [0.15, 0.2) is 170 Å². The van der Waals surface area contributed by atoms with Gasteiger partial charge in [0.25, 0.3) is 0 Å². The second-order valence-corrected chi connectivity index (χ2v) is 12.5. The zero-order chi connectivity index (χ0) is 32.7. The molecule has 2 aromatic heterocycles. The fraction of sp³-hybridized carbons (Fsp3) is 0.0435. The summed E-state index contributed by atoms with van der Waals surface area (Å²) in [6.07, 6.45) is 4.79. The van der Waals surface area contributed by atoms with E-state index in [1.807, 2.05) is 18.5 Å². The van der Waals surface area contributed by atoms with Crippen molar-refractivity contribution in [1.29, 1.82) is 0 Å². The Morgan fingerprint density at radius 3 is 1.71 bits per heavy atom. The van der Waals surface area contributed by atoms with Crippen LogP contribution in [-0.2, 0) is 6.42 Å². The smallest absolute Gasteiger partial charge is 0.114 e. The standard InChI is InChI=1S/C46H33N3/c1-2-44-48-42-19-11-12-20-43(42)49(44)37-27-36(29-47-30-37)46-39-18-10-9-17-38(39)45(34-23-21-33(22-24-34)31-13-5-3-6-14-31)41-28-35(25-26-40(41)46)32-15-7-4-8-16-32/h3-30H,2H2,1H3. The van der Waals surface area contributed by atoms with Crippen LogP contribution in [0.5, 0.6) is 0 Å². The van der Waals surface area contributed by atoms with Crippen molar-refractivity contribution in [2.75, 3.05) is 0 Å². The molecular formula is C46H33N3. The average molecular weight is 628 g/mol. The summed E-state index contributed by atoms with van der Waals surface area (Å²) < 4.78 is 2.26. The van der Waals surface area contributed by atoms with E-state index in [0.717, 1.165) is 34.5 Å². The van der Waals surface area contributed by atoms with Crippen LogP contribution in [0.3, 0.4) is 0 Å². The molecule has 232 valence electrons. The van der Waals surface area contributed by atoms with E-state index in [2.05, 4.69) is 163 Å². The van der Waals surface area contributed by atoms with E-state index in [-0.39, 0.29) is 0 Å². The number of nitrogens with zero attached hydrogens (tertiary/aromatic N) is 3. The molecule has 2 heterocycles. The first-order valence-electron chi connectivity index (χ1n) is 16.9. The maximum Gasteiger partial charge on any atom is 0.114 e. The van der Waals surface area contributed by atoms with E-state index >= 15 is 0 Å². The lowest BCUT2D eigenvalue weighted by atomic mass is 9.85.